The van der Waals surface area contributed by atoms with Crippen molar-refractivity contribution < 1.29 is 13.2 Å². The summed E-state index contributed by atoms with van der Waals surface area (Å²) in [7, 11) is -1.96. The molecule has 1 aromatic heterocycles. The number of amides is 1. The highest BCUT2D eigenvalue weighted by Crippen LogP contribution is 2.27. The number of nitrogens with zero attached hydrogens (tertiary/aromatic N) is 3. The van der Waals surface area contributed by atoms with Crippen LogP contribution in [0.3, 0.4) is 0 Å². The van der Waals surface area contributed by atoms with Gasteiger partial charge >= 0.3 is 0 Å². The van der Waals surface area contributed by atoms with E-state index in [0.717, 1.165) is 35.9 Å². The van der Waals surface area contributed by atoms with Crippen LogP contribution in [0.4, 0.5) is 0 Å². The van der Waals surface area contributed by atoms with E-state index in [4.69, 9.17) is 6.42 Å². The molecule has 3 aromatic rings. The standard InChI is InChI=1S/C23H23N3O3S2/c1-3-16-26-20-10-6-7-11-21(20)30-23(26)24-22(27)17-12-14-19(15-13-17)31(28,29)25(2)18-8-4-5-9-18/h1,6-7,10-15,18H,4-5,8-9,16H2,2H3. The molecule has 6 nitrogen and oxygen atoms in total. The molecule has 0 bridgehead atoms. The molecule has 1 saturated carbocycles. The molecular formula is C23H23N3O3S2. The van der Waals surface area contributed by atoms with Gasteiger partial charge in [0.1, 0.15) is 0 Å². The molecule has 0 spiro atoms. The Hall–Kier alpha value is -2.73. The maximum atomic E-state index is 12.9. The summed E-state index contributed by atoms with van der Waals surface area (Å²) in [5.74, 6) is 2.16. The average molecular weight is 454 g/mol. The number of aromatic nitrogens is 1. The van der Waals surface area contributed by atoms with Crippen molar-refractivity contribution in [3.63, 3.8) is 0 Å². The molecule has 0 radical (unpaired) electrons. The summed E-state index contributed by atoms with van der Waals surface area (Å²) in [6.45, 7) is 0.306. The molecule has 0 N–H and O–H groups in total. The number of para-hydroxylation sites is 1. The quantitative estimate of drug-likeness (QED) is 0.554. The maximum Gasteiger partial charge on any atom is 0.279 e. The molecule has 160 valence electrons. The van der Waals surface area contributed by atoms with E-state index in [-0.39, 0.29) is 10.9 Å². The fourth-order valence-corrected chi connectivity index (χ4v) is 6.35. The number of sulfonamides is 1. The molecule has 0 unspecified atom stereocenters. The predicted octanol–water partition coefficient (Wildman–Crippen LogP) is 3.64. The van der Waals surface area contributed by atoms with Crippen molar-refractivity contribution in [1.29, 1.82) is 0 Å². The number of benzene rings is 2. The highest BCUT2D eigenvalue weighted by Gasteiger charge is 2.30. The molecule has 1 aliphatic rings. The first-order chi connectivity index (χ1) is 14.9. The third kappa shape index (κ3) is 4.22. The van der Waals surface area contributed by atoms with E-state index in [1.807, 2.05) is 28.8 Å². The number of carbonyl (C=O) groups is 1. The van der Waals surface area contributed by atoms with Crippen molar-refractivity contribution in [2.75, 3.05) is 7.05 Å². The first-order valence-corrected chi connectivity index (χ1v) is 12.4. The highest BCUT2D eigenvalue weighted by atomic mass is 32.2. The third-order valence-corrected chi connectivity index (χ3v) is 8.64. The van der Waals surface area contributed by atoms with Crippen LogP contribution in [-0.2, 0) is 16.6 Å². The molecular weight excluding hydrogens is 430 g/mol. The topological polar surface area (TPSA) is 71.7 Å². The summed E-state index contributed by atoms with van der Waals surface area (Å²) in [4.78, 5) is 17.7. The lowest BCUT2D eigenvalue weighted by Crippen LogP contribution is -2.35. The zero-order chi connectivity index (χ0) is 22.0. The van der Waals surface area contributed by atoms with Crippen molar-refractivity contribution in [2.45, 2.75) is 43.2 Å². The Balaban J connectivity index is 1.63. The second kappa shape index (κ2) is 8.79. The fraction of sp³-hybridized carbons (Fsp3) is 0.304. The number of thiazole rings is 1. The molecule has 2 aromatic carbocycles. The highest BCUT2D eigenvalue weighted by molar-refractivity contribution is 7.89. The zero-order valence-electron chi connectivity index (χ0n) is 17.2. The van der Waals surface area contributed by atoms with E-state index < -0.39 is 15.9 Å². The van der Waals surface area contributed by atoms with Gasteiger partial charge in [-0.1, -0.05) is 42.2 Å². The van der Waals surface area contributed by atoms with Crippen LogP contribution in [0.5, 0.6) is 0 Å². The van der Waals surface area contributed by atoms with E-state index in [1.165, 1.54) is 39.9 Å². The van der Waals surface area contributed by atoms with Gasteiger partial charge < -0.3 is 4.57 Å². The molecule has 0 aliphatic heterocycles. The van der Waals surface area contributed by atoms with E-state index in [0.29, 0.717) is 16.9 Å². The lowest BCUT2D eigenvalue weighted by molar-refractivity contribution is 0.0998. The van der Waals surface area contributed by atoms with Crippen LogP contribution >= 0.6 is 11.3 Å². The Morgan fingerprint density at radius 1 is 1.19 bits per heavy atom. The smallest absolute Gasteiger partial charge is 0.279 e. The Bertz CT molecular complexity index is 1320. The number of rotatable bonds is 5. The van der Waals surface area contributed by atoms with Gasteiger partial charge in [0.05, 0.1) is 21.7 Å². The zero-order valence-corrected chi connectivity index (χ0v) is 18.8. The first-order valence-electron chi connectivity index (χ1n) is 10.1. The predicted molar refractivity (Wildman–Crippen MR) is 122 cm³/mol. The Morgan fingerprint density at radius 3 is 2.55 bits per heavy atom. The Labute approximate surface area is 185 Å². The minimum Gasteiger partial charge on any atom is -0.305 e. The Kier molecular flexibility index (Phi) is 6.10. The molecule has 1 fully saturated rings. The summed E-state index contributed by atoms with van der Waals surface area (Å²) in [5.41, 5.74) is 1.25. The van der Waals surface area contributed by atoms with Crippen molar-refractivity contribution in [3.05, 3.63) is 58.9 Å². The minimum absolute atomic E-state index is 0.0425. The van der Waals surface area contributed by atoms with Crippen LogP contribution in [0, 0.1) is 12.3 Å². The van der Waals surface area contributed by atoms with Gasteiger partial charge in [-0.05, 0) is 49.2 Å². The van der Waals surface area contributed by atoms with Gasteiger partial charge in [0, 0.05) is 18.7 Å². The van der Waals surface area contributed by atoms with Crippen LogP contribution in [0.25, 0.3) is 10.2 Å². The number of hydrogen-bond acceptors (Lipinski definition) is 4. The number of hydrogen-bond donors (Lipinski definition) is 0. The molecule has 1 aliphatic carbocycles. The summed E-state index contributed by atoms with van der Waals surface area (Å²) in [6, 6.07) is 13.8. The van der Waals surface area contributed by atoms with E-state index >= 15 is 0 Å². The largest absolute Gasteiger partial charge is 0.305 e. The van der Waals surface area contributed by atoms with E-state index in [2.05, 4.69) is 10.9 Å². The van der Waals surface area contributed by atoms with E-state index in [1.54, 1.807) is 7.05 Å². The van der Waals surface area contributed by atoms with Gasteiger partial charge in [0.2, 0.25) is 10.0 Å². The molecule has 1 heterocycles. The molecule has 8 heteroatoms. The second-order valence-corrected chi connectivity index (χ2v) is 10.6. The molecule has 4 rings (SSSR count). The normalized spacial score (nSPS) is 15.6. The summed E-state index contributed by atoms with van der Waals surface area (Å²) in [6.07, 6.45) is 9.37. The van der Waals surface area contributed by atoms with Crippen molar-refractivity contribution in [2.24, 2.45) is 4.99 Å². The number of fused-ring (bicyclic) bond motifs is 1. The van der Waals surface area contributed by atoms with Gasteiger partial charge in [-0.2, -0.15) is 9.30 Å². The maximum absolute atomic E-state index is 12.9. The van der Waals surface area contributed by atoms with Crippen molar-refractivity contribution in [1.82, 2.24) is 8.87 Å². The van der Waals surface area contributed by atoms with Crippen molar-refractivity contribution in [3.8, 4) is 12.3 Å². The fourth-order valence-electron chi connectivity index (χ4n) is 3.90. The summed E-state index contributed by atoms with van der Waals surface area (Å²) in [5, 5.41) is 0. The van der Waals surface area contributed by atoms with Gasteiger partial charge in [-0.25, -0.2) is 8.42 Å². The van der Waals surface area contributed by atoms with Crippen LogP contribution in [0.2, 0.25) is 0 Å². The molecule has 0 saturated heterocycles. The van der Waals surface area contributed by atoms with E-state index in [9.17, 15) is 13.2 Å². The van der Waals surface area contributed by atoms with Crippen LogP contribution in [0.15, 0.2) is 58.4 Å². The number of carbonyl (C=O) groups excluding carboxylic acids is 1. The monoisotopic (exact) mass is 453 g/mol. The lowest BCUT2D eigenvalue weighted by atomic mass is 10.2. The average Bonchev–Trinajstić information content (AvgIpc) is 3.42. The molecule has 0 atom stereocenters. The van der Waals surface area contributed by atoms with Crippen LogP contribution in [-0.4, -0.2) is 36.3 Å². The molecule has 1 amide bonds. The van der Waals surface area contributed by atoms with Gasteiger partial charge in [0.15, 0.2) is 4.80 Å². The van der Waals surface area contributed by atoms with Crippen molar-refractivity contribution >= 4 is 37.5 Å². The second-order valence-electron chi connectivity index (χ2n) is 7.54. The number of terminal acetylenes is 1. The third-order valence-electron chi connectivity index (χ3n) is 5.65. The van der Waals surface area contributed by atoms with Gasteiger partial charge in [-0.15, -0.1) is 6.42 Å². The van der Waals surface area contributed by atoms with Crippen LogP contribution in [0.1, 0.15) is 36.0 Å². The minimum atomic E-state index is -3.59. The SMILES string of the molecule is C#CCn1c(=NC(=O)c2ccc(S(=O)(=O)N(C)C3CCCC3)cc2)sc2ccccc21. The van der Waals surface area contributed by atoms with Gasteiger partial charge in [0.25, 0.3) is 5.91 Å². The first kappa shape index (κ1) is 21.5. The molecule has 31 heavy (non-hydrogen) atoms. The lowest BCUT2D eigenvalue weighted by Gasteiger charge is -2.23. The Morgan fingerprint density at radius 2 is 1.87 bits per heavy atom. The summed E-state index contributed by atoms with van der Waals surface area (Å²) >= 11 is 1.39. The van der Waals surface area contributed by atoms with Crippen LogP contribution < -0.4 is 4.80 Å². The van der Waals surface area contributed by atoms with Gasteiger partial charge in [-0.3, -0.25) is 4.79 Å². The summed E-state index contributed by atoms with van der Waals surface area (Å²) < 4.78 is 30.1.